The fourth-order valence-electron chi connectivity index (χ4n) is 4.97. The summed E-state index contributed by atoms with van der Waals surface area (Å²) in [7, 11) is 1.89. The van der Waals surface area contributed by atoms with Gasteiger partial charge in [0.1, 0.15) is 22.3 Å². The van der Waals surface area contributed by atoms with Gasteiger partial charge in [0.15, 0.2) is 0 Å². The summed E-state index contributed by atoms with van der Waals surface area (Å²) < 4.78 is 7.01. The Morgan fingerprint density at radius 1 is 1.10 bits per heavy atom. The zero-order valence-corrected chi connectivity index (χ0v) is 19.7. The fourth-order valence-corrected chi connectivity index (χ4v) is 5.16. The van der Waals surface area contributed by atoms with Crippen molar-refractivity contribution < 1.29 is 4.52 Å². The molecule has 4 rings (SSSR count). The maximum Gasteiger partial charge on any atom is 0.134 e. The molecule has 0 unspecified atom stereocenters. The number of nitrogens with zero attached hydrogens (tertiary/aromatic N) is 5. The Morgan fingerprint density at radius 2 is 1.73 bits per heavy atom. The maximum absolute atomic E-state index is 6.61. The van der Waals surface area contributed by atoms with E-state index in [0.717, 1.165) is 48.3 Å². The van der Waals surface area contributed by atoms with Crippen molar-refractivity contribution in [3.63, 3.8) is 0 Å². The van der Waals surface area contributed by atoms with Crippen molar-refractivity contribution in [3.05, 3.63) is 22.5 Å². The summed E-state index contributed by atoms with van der Waals surface area (Å²) >= 11 is 6.61. The standard InChI is InChI=1S/C23H36ClN5O/c1-17(2)5-10-28-11-6-23(7-12-28)8-13-29(14-9-23)16-19-21(25-27(4)22(19)24)20-15-18(3)30-26-20/h15,17H,5-14,16H2,1-4H3. The summed E-state index contributed by atoms with van der Waals surface area (Å²) in [5.41, 5.74) is 3.23. The molecule has 0 radical (unpaired) electrons. The molecule has 0 amide bonds. The first-order valence-corrected chi connectivity index (χ1v) is 11.8. The molecule has 2 aromatic rings. The molecule has 2 fully saturated rings. The summed E-state index contributed by atoms with van der Waals surface area (Å²) in [5.74, 6) is 1.59. The van der Waals surface area contributed by atoms with Gasteiger partial charge in [0, 0.05) is 25.2 Å². The zero-order valence-electron chi connectivity index (χ0n) is 19.0. The van der Waals surface area contributed by atoms with Crippen LogP contribution in [0.3, 0.4) is 0 Å². The molecular formula is C23H36ClN5O. The summed E-state index contributed by atoms with van der Waals surface area (Å²) in [6, 6.07) is 1.93. The van der Waals surface area contributed by atoms with Gasteiger partial charge in [-0.25, -0.2) is 0 Å². The van der Waals surface area contributed by atoms with Crippen molar-refractivity contribution in [2.24, 2.45) is 18.4 Å². The molecule has 0 N–H and O–H groups in total. The lowest BCUT2D eigenvalue weighted by Gasteiger charge is -2.47. The molecule has 2 aromatic heterocycles. The van der Waals surface area contributed by atoms with E-state index in [1.807, 2.05) is 20.0 Å². The lowest BCUT2D eigenvalue weighted by Crippen LogP contribution is -2.46. The van der Waals surface area contributed by atoms with Crippen molar-refractivity contribution in [1.82, 2.24) is 24.7 Å². The van der Waals surface area contributed by atoms with E-state index in [9.17, 15) is 0 Å². The van der Waals surface area contributed by atoms with Gasteiger partial charge in [0.2, 0.25) is 0 Å². The molecule has 0 saturated carbocycles. The van der Waals surface area contributed by atoms with Crippen LogP contribution < -0.4 is 0 Å². The van der Waals surface area contributed by atoms with Crippen molar-refractivity contribution >= 4 is 11.6 Å². The second-order valence-electron chi connectivity index (χ2n) is 9.86. The smallest absolute Gasteiger partial charge is 0.134 e. The average Bonchev–Trinajstić information content (AvgIpc) is 3.27. The topological polar surface area (TPSA) is 50.3 Å². The van der Waals surface area contributed by atoms with Gasteiger partial charge in [-0.2, -0.15) is 5.10 Å². The summed E-state index contributed by atoms with van der Waals surface area (Å²) in [4.78, 5) is 5.22. The van der Waals surface area contributed by atoms with Crippen LogP contribution in [0.4, 0.5) is 0 Å². The molecule has 0 atom stereocenters. The summed E-state index contributed by atoms with van der Waals surface area (Å²) in [5, 5.41) is 9.47. The van der Waals surface area contributed by atoms with Crippen molar-refractivity contribution in [3.8, 4) is 11.4 Å². The summed E-state index contributed by atoms with van der Waals surface area (Å²) in [6.07, 6.45) is 6.62. The Kier molecular flexibility index (Phi) is 6.56. The van der Waals surface area contributed by atoms with Gasteiger partial charge in [-0.3, -0.25) is 9.58 Å². The van der Waals surface area contributed by atoms with Crippen LogP contribution in [-0.2, 0) is 13.6 Å². The molecular weight excluding hydrogens is 398 g/mol. The second kappa shape index (κ2) is 9.01. The van der Waals surface area contributed by atoms with Crippen LogP contribution >= 0.6 is 11.6 Å². The van der Waals surface area contributed by atoms with E-state index < -0.39 is 0 Å². The Hall–Kier alpha value is -1.37. The normalized spacial score (nSPS) is 20.5. The molecule has 166 valence electrons. The van der Waals surface area contributed by atoms with E-state index in [1.165, 1.54) is 51.7 Å². The van der Waals surface area contributed by atoms with E-state index in [-0.39, 0.29) is 0 Å². The molecule has 2 saturated heterocycles. The highest BCUT2D eigenvalue weighted by molar-refractivity contribution is 6.30. The van der Waals surface area contributed by atoms with Crippen molar-refractivity contribution in [1.29, 1.82) is 0 Å². The number of hydrogen-bond acceptors (Lipinski definition) is 5. The highest BCUT2D eigenvalue weighted by Crippen LogP contribution is 2.42. The number of aromatic nitrogens is 3. The third-order valence-electron chi connectivity index (χ3n) is 7.18. The number of aryl methyl sites for hydroxylation is 2. The fraction of sp³-hybridized carbons (Fsp3) is 0.739. The van der Waals surface area contributed by atoms with E-state index in [0.29, 0.717) is 10.6 Å². The Bertz CT molecular complexity index is 840. The predicted octanol–water partition coefficient (Wildman–Crippen LogP) is 4.76. The Morgan fingerprint density at radius 3 is 2.30 bits per heavy atom. The van der Waals surface area contributed by atoms with Crippen LogP contribution in [-0.4, -0.2) is 57.5 Å². The minimum Gasteiger partial charge on any atom is -0.361 e. The van der Waals surface area contributed by atoms with Gasteiger partial charge >= 0.3 is 0 Å². The first kappa shape index (κ1) is 21.8. The molecule has 4 heterocycles. The second-order valence-corrected chi connectivity index (χ2v) is 10.2. The monoisotopic (exact) mass is 433 g/mol. The molecule has 6 nitrogen and oxygen atoms in total. The number of piperidine rings is 2. The largest absolute Gasteiger partial charge is 0.361 e. The predicted molar refractivity (Wildman–Crippen MR) is 121 cm³/mol. The number of hydrogen-bond donors (Lipinski definition) is 0. The van der Waals surface area contributed by atoms with Crippen molar-refractivity contribution in [2.45, 2.75) is 59.4 Å². The number of halogens is 1. The Balaban J connectivity index is 1.35. The zero-order chi connectivity index (χ0) is 21.3. The minimum absolute atomic E-state index is 0.551. The van der Waals surface area contributed by atoms with Crippen LogP contribution in [0.5, 0.6) is 0 Å². The third-order valence-corrected chi connectivity index (χ3v) is 7.65. The molecule has 0 aliphatic carbocycles. The molecule has 0 aromatic carbocycles. The van der Waals surface area contributed by atoms with Crippen LogP contribution in [0.2, 0.25) is 5.15 Å². The molecule has 2 aliphatic heterocycles. The van der Waals surface area contributed by atoms with Crippen LogP contribution in [0.15, 0.2) is 10.6 Å². The van der Waals surface area contributed by atoms with Gasteiger partial charge in [0.05, 0.1) is 0 Å². The summed E-state index contributed by atoms with van der Waals surface area (Å²) in [6.45, 7) is 13.5. The van der Waals surface area contributed by atoms with E-state index in [4.69, 9.17) is 16.1 Å². The molecule has 30 heavy (non-hydrogen) atoms. The average molecular weight is 434 g/mol. The van der Waals surface area contributed by atoms with Gasteiger partial charge < -0.3 is 9.42 Å². The lowest BCUT2D eigenvalue weighted by atomic mass is 9.71. The molecule has 0 bridgehead atoms. The lowest BCUT2D eigenvalue weighted by molar-refractivity contribution is 0.0313. The van der Waals surface area contributed by atoms with Crippen LogP contribution in [0.25, 0.3) is 11.4 Å². The molecule has 7 heteroatoms. The molecule has 1 spiro atoms. The third kappa shape index (κ3) is 4.76. The highest BCUT2D eigenvalue weighted by Gasteiger charge is 2.37. The van der Waals surface area contributed by atoms with E-state index in [1.54, 1.807) is 4.68 Å². The van der Waals surface area contributed by atoms with Gasteiger partial charge in [0.25, 0.3) is 0 Å². The van der Waals surface area contributed by atoms with Gasteiger partial charge in [-0.05, 0) is 83.1 Å². The maximum atomic E-state index is 6.61. The highest BCUT2D eigenvalue weighted by atomic mass is 35.5. The van der Waals surface area contributed by atoms with Crippen molar-refractivity contribution in [2.75, 3.05) is 32.7 Å². The quantitative estimate of drug-likeness (QED) is 0.657. The van der Waals surface area contributed by atoms with Crippen LogP contribution in [0, 0.1) is 18.3 Å². The van der Waals surface area contributed by atoms with Gasteiger partial charge in [-0.1, -0.05) is 30.6 Å². The first-order chi connectivity index (χ1) is 14.3. The number of likely N-dealkylation sites (tertiary alicyclic amines) is 2. The van der Waals surface area contributed by atoms with E-state index >= 15 is 0 Å². The van der Waals surface area contributed by atoms with Gasteiger partial charge in [-0.15, -0.1) is 0 Å². The first-order valence-electron chi connectivity index (χ1n) is 11.4. The SMILES string of the molecule is Cc1cc(-c2nn(C)c(Cl)c2CN2CCC3(CCN(CCC(C)C)CC3)CC2)no1. The molecule has 2 aliphatic rings. The van der Waals surface area contributed by atoms with Crippen LogP contribution in [0.1, 0.15) is 57.3 Å². The van der Waals surface area contributed by atoms with E-state index in [2.05, 4.69) is 33.9 Å². The minimum atomic E-state index is 0.551. The number of rotatable bonds is 6. The Labute approximate surface area is 185 Å².